The molecule has 6 nitrogen and oxygen atoms in total. The van der Waals surface area contributed by atoms with E-state index in [1.807, 2.05) is 13.0 Å². The fourth-order valence-corrected chi connectivity index (χ4v) is 3.13. The molecule has 0 radical (unpaired) electrons. The number of aliphatic hydroxyl groups is 1. The molecule has 0 amide bonds. The third kappa shape index (κ3) is 15.2. The summed E-state index contributed by atoms with van der Waals surface area (Å²) in [6, 6.07) is 0. The van der Waals surface area contributed by atoms with Gasteiger partial charge in [0.05, 0.1) is 13.0 Å². The minimum Gasteiger partial charge on any atom is -0.479 e. The maximum absolute atomic E-state index is 11.8. The van der Waals surface area contributed by atoms with Gasteiger partial charge in [0.1, 0.15) is 5.78 Å². The van der Waals surface area contributed by atoms with Gasteiger partial charge in [0, 0.05) is 19.3 Å². The molecule has 2 N–H and O–H groups in total. The number of Topliss-reactive ketones (excluding diaryl/α,β-unsaturated/α-hetero) is 1. The summed E-state index contributed by atoms with van der Waals surface area (Å²) in [6.45, 7) is 4.24. The molecule has 0 aromatic heterocycles. The molecular weight excluding hydrogens is 384 g/mol. The highest BCUT2D eigenvalue weighted by molar-refractivity contribution is 5.84. The summed E-state index contributed by atoms with van der Waals surface area (Å²) in [5.74, 6) is -1.75. The van der Waals surface area contributed by atoms with Crippen LogP contribution in [0.5, 0.6) is 0 Å². The van der Waals surface area contributed by atoms with Gasteiger partial charge in [-0.05, 0) is 32.1 Å². The molecule has 0 aliphatic heterocycles. The van der Waals surface area contributed by atoms with Crippen LogP contribution in [0.1, 0.15) is 110 Å². The summed E-state index contributed by atoms with van der Waals surface area (Å²) in [7, 11) is 0. The van der Waals surface area contributed by atoms with E-state index in [1.54, 1.807) is 6.08 Å². The third-order valence-electron chi connectivity index (χ3n) is 5.06. The molecule has 0 aliphatic carbocycles. The van der Waals surface area contributed by atoms with Crippen molar-refractivity contribution < 1.29 is 29.3 Å². The number of hydrogen-bond donors (Lipinski definition) is 2. The lowest BCUT2D eigenvalue weighted by Crippen LogP contribution is -2.40. The van der Waals surface area contributed by atoms with Crippen LogP contribution in [0.2, 0.25) is 0 Å². The number of aliphatic carboxylic acids is 1. The standard InChI is InChI=1S/C24H42O6/c1-3-5-6-10-13-16-21(25)17-14-11-8-7-9-12-15-18-24(29,23(27)28)20-22(26)30-19-4-2/h12,15,29H,3-11,13-14,16-20H2,1-2H3,(H,27,28)/b15-12+/t24-/m1/s1. The first-order chi connectivity index (χ1) is 14.4. The van der Waals surface area contributed by atoms with E-state index >= 15 is 0 Å². The number of carboxylic acids is 1. The highest BCUT2D eigenvalue weighted by Gasteiger charge is 2.37. The Labute approximate surface area is 182 Å². The van der Waals surface area contributed by atoms with Crippen LogP contribution in [-0.2, 0) is 19.1 Å². The van der Waals surface area contributed by atoms with E-state index in [-0.39, 0.29) is 13.0 Å². The Hall–Kier alpha value is -1.69. The summed E-state index contributed by atoms with van der Waals surface area (Å²) in [4.78, 5) is 34.7. The summed E-state index contributed by atoms with van der Waals surface area (Å²) in [6.07, 6.45) is 15.3. The van der Waals surface area contributed by atoms with Crippen molar-refractivity contribution in [3.8, 4) is 0 Å². The number of rotatable bonds is 20. The number of ketones is 1. The molecule has 0 unspecified atom stereocenters. The van der Waals surface area contributed by atoms with E-state index in [9.17, 15) is 24.6 Å². The Kier molecular flexibility index (Phi) is 17.1. The maximum atomic E-state index is 11.8. The number of hydrogen-bond acceptors (Lipinski definition) is 5. The van der Waals surface area contributed by atoms with E-state index < -0.39 is 24.0 Å². The molecule has 0 rings (SSSR count). The van der Waals surface area contributed by atoms with Crippen molar-refractivity contribution in [1.82, 2.24) is 0 Å². The van der Waals surface area contributed by atoms with Gasteiger partial charge in [-0.15, -0.1) is 0 Å². The maximum Gasteiger partial charge on any atom is 0.336 e. The van der Waals surface area contributed by atoms with Gasteiger partial charge in [0.2, 0.25) is 0 Å². The fourth-order valence-electron chi connectivity index (χ4n) is 3.13. The summed E-state index contributed by atoms with van der Waals surface area (Å²) in [5.41, 5.74) is -2.13. The number of allylic oxidation sites excluding steroid dienone is 1. The van der Waals surface area contributed by atoms with Crippen molar-refractivity contribution in [1.29, 1.82) is 0 Å². The van der Waals surface area contributed by atoms with Crippen molar-refractivity contribution in [2.24, 2.45) is 0 Å². The molecule has 0 aliphatic rings. The van der Waals surface area contributed by atoms with Gasteiger partial charge in [0.25, 0.3) is 0 Å². The van der Waals surface area contributed by atoms with Crippen molar-refractivity contribution in [2.75, 3.05) is 6.61 Å². The number of carbonyl (C=O) groups is 3. The lowest BCUT2D eigenvalue weighted by molar-refractivity contribution is -0.167. The predicted octanol–water partition coefficient (Wildman–Crippen LogP) is 5.36. The normalized spacial score (nSPS) is 13.3. The highest BCUT2D eigenvalue weighted by Crippen LogP contribution is 2.18. The summed E-state index contributed by atoms with van der Waals surface area (Å²) < 4.78 is 4.86. The van der Waals surface area contributed by atoms with E-state index in [4.69, 9.17) is 4.74 Å². The third-order valence-corrected chi connectivity index (χ3v) is 5.06. The number of carboxylic acid groups (broad SMARTS) is 1. The molecular formula is C24H42O6. The van der Waals surface area contributed by atoms with Gasteiger partial charge in [0.15, 0.2) is 5.60 Å². The zero-order valence-corrected chi connectivity index (χ0v) is 19.0. The Morgan fingerprint density at radius 3 is 2.00 bits per heavy atom. The van der Waals surface area contributed by atoms with Crippen LogP contribution >= 0.6 is 0 Å². The summed E-state index contributed by atoms with van der Waals surface area (Å²) >= 11 is 0. The molecule has 0 saturated heterocycles. The molecule has 1 atom stereocenters. The number of carbonyl (C=O) groups excluding carboxylic acids is 2. The lowest BCUT2D eigenvalue weighted by Gasteiger charge is -2.20. The van der Waals surface area contributed by atoms with Crippen LogP contribution in [0.4, 0.5) is 0 Å². The van der Waals surface area contributed by atoms with Gasteiger partial charge < -0.3 is 14.9 Å². The van der Waals surface area contributed by atoms with Crippen LogP contribution < -0.4 is 0 Å². The number of unbranched alkanes of at least 4 members (excludes halogenated alkanes) is 8. The monoisotopic (exact) mass is 426 g/mol. The zero-order chi connectivity index (χ0) is 22.7. The molecule has 0 aromatic carbocycles. The smallest absolute Gasteiger partial charge is 0.336 e. The van der Waals surface area contributed by atoms with Crippen molar-refractivity contribution in [3.05, 3.63) is 12.2 Å². The van der Waals surface area contributed by atoms with E-state index in [2.05, 4.69) is 6.92 Å². The SMILES string of the molecule is CCCCCCCC(=O)CCCCCC/C=C/C[C@@](O)(CC(=O)OCCC)C(=O)O. The van der Waals surface area contributed by atoms with Crippen molar-refractivity contribution in [2.45, 2.75) is 116 Å². The van der Waals surface area contributed by atoms with Crippen LogP contribution in [-0.4, -0.2) is 40.1 Å². The molecule has 6 heteroatoms. The van der Waals surface area contributed by atoms with Crippen LogP contribution in [0, 0.1) is 0 Å². The van der Waals surface area contributed by atoms with Gasteiger partial charge in [-0.1, -0.05) is 64.5 Å². The average molecular weight is 427 g/mol. The van der Waals surface area contributed by atoms with Gasteiger partial charge in [-0.3, -0.25) is 9.59 Å². The Morgan fingerprint density at radius 1 is 0.833 bits per heavy atom. The Morgan fingerprint density at radius 2 is 1.43 bits per heavy atom. The number of esters is 1. The van der Waals surface area contributed by atoms with Gasteiger partial charge in [-0.2, -0.15) is 0 Å². The molecule has 0 saturated carbocycles. The number of ether oxygens (including phenoxy) is 1. The predicted molar refractivity (Wildman–Crippen MR) is 118 cm³/mol. The molecule has 30 heavy (non-hydrogen) atoms. The Balaban J connectivity index is 3.86. The first-order valence-corrected chi connectivity index (χ1v) is 11.6. The molecule has 0 heterocycles. The van der Waals surface area contributed by atoms with Gasteiger partial charge in [-0.25, -0.2) is 4.79 Å². The highest BCUT2D eigenvalue weighted by atomic mass is 16.5. The van der Waals surface area contributed by atoms with E-state index in [0.29, 0.717) is 25.0 Å². The zero-order valence-electron chi connectivity index (χ0n) is 19.0. The average Bonchev–Trinajstić information content (AvgIpc) is 2.70. The summed E-state index contributed by atoms with van der Waals surface area (Å²) in [5, 5.41) is 19.4. The van der Waals surface area contributed by atoms with E-state index in [1.165, 1.54) is 19.3 Å². The molecule has 0 aromatic rings. The topological polar surface area (TPSA) is 101 Å². The molecule has 0 fully saturated rings. The second kappa shape index (κ2) is 18.1. The molecule has 174 valence electrons. The minimum atomic E-state index is -2.13. The van der Waals surface area contributed by atoms with Crippen molar-refractivity contribution in [3.63, 3.8) is 0 Å². The van der Waals surface area contributed by atoms with Crippen LogP contribution in [0.3, 0.4) is 0 Å². The van der Waals surface area contributed by atoms with E-state index in [0.717, 1.165) is 44.9 Å². The second-order valence-corrected chi connectivity index (χ2v) is 8.07. The fraction of sp³-hybridized carbons (Fsp3) is 0.792. The largest absolute Gasteiger partial charge is 0.479 e. The lowest BCUT2D eigenvalue weighted by atomic mass is 9.95. The quantitative estimate of drug-likeness (QED) is 0.154. The van der Waals surface area contributed by atoms with Crippen molar-refractivity contribution >= 4 is 17.7 Å². The first kappa shape index (κ1) is 28.3. The second-order valence-electron chi connectivity index (χ2n) is 8.07. The molecule has 0 spiro atoms. The van der Waals surface area contributed by atoms with Crippen LogP contribution in [0.15, 0.2) is 12.2 Å². The minimum absolute atomic E-state index is 0.129. The van der Waals surface area contributed by atoms with Crippen LogP contribution in [0.25, 0.3) is 0 Å². The first-order valence-electron chi connectivity index (χ1n) is 11.6. The van der Waals surface area contributed by atoms with Gasteiger partial charge >= 0.3 is 11.9 Å². The molecule has 0 bridgehead atoms. The Bertz CT molecular complexity index is 514.